The fourth-order valence-corrected chi connectivity index (χ4v) is 2.00. The molecule has 0 bridgehead atoms. The molecule has 0 aliphatic carbocycles. The van der Waals surface area contributed by atoms with Crippen molar-refractivity contribution >= 4 is 17.7 Å². The molecule has 2 rings (SSSR count). The van der Waals surface area contributed by atoms with Gasteiger partial charge in [-0.2, -0.15) is 0 Å². The maximum atomic E-state index is 13.6. The van der Waals surface area contributed by atoms with Crippen molar-refractivity contribution in [3.63, 3.8) is 0 Å². The van der Waals surface area contributed by atoms with Crippen LogP contribution in [0, 0.1) is 11.6 Å². The molecule has 1 aliphatic rings. The van der Waals surface area contributed by atoms with Gasteiger partial charge in [-0.1, -0.05) is 6.07 Å². The van der Waals surface area contributed by atoms with Crippen LogP contribution in [0.25, 0.3) is 0 Å². The number of likely N-dealkylation sites (tertiary alicyclic amines) is 1. The molecule has 19 heavy (non-hydrogen) atoms. The molecule has 0 saturated carbocycles. The molecule has 100 valence electrons. The molecule has 0 spiro atoms. The molecule has 1 fully saturated rings. The Hall–Kier alpha value is -2.31. The monoisotopic (exact) mass is 269 g/mol. The van der Waals surface area contributed by atoms with Crippen LogP contribution in [0.15, 0.2) is 18.2 Å². The molecule has 0 radical (unpaired) electrons. The normalized spacial score (nSPS) is 16.8. The van der Waals surface area contributed by atoms with Crippen LogP contribution in [0.2, 0.25) is 0 Å². The maximum absolute atomic E-state index is 13.6. The number of ketones is 1. The molecule has 1 saturated heterocycles. The molecule has 1 N–H and O–H groups in total. The highest BCUT2D eigenvalue weighted by Crippen LogP contribution is 2.27. The third kappa shape index (κ3) is 2.44. The van der Waals surface area contributed by atoms with Gasteiger partial charge < -0.3 is 10.0 Å². The number of hydrogen-bond donors (Lipinski definition) is 1. The lowest BCUT2D eigenvalue weighted by Crippen LogP contribution is -2.36. The Balaban J connectivity index is 2.43. The van der Waals surface area contributed by atoms with Crippen LogP contribution in [-0.2, 0) is 14.4 Å². The highest BCUT2D eigenvalue weighted by atomic mass is 19.1. The van der Waals surface area contributed by atoms with E-state index in [0.717, 1.165) is 17.0 Å². The van der Waals surface area contributed by atoms with Gasteiger partial charge in [0.05, 0.1) is 13.0 Å². The van der Waals surface area contributed by atoms with E-state index >= 15 is 0 Å². The summed E-state index contributed by atoms with van der Waals surface area (Å²) in [7, 11) is 0. The average Bonchev–Trinajstić information content (AvgIpc) is 2.61. The number of carboxylic acid groups (broad SMARTS) is 1. The minimum absolute atomic E-state index is 0.350. The molecule has 1 unspecified atom stereocenters. The summed E-state index contributed by atoms with van der Waals surface area (Å²) in [4.78, 5) is 34.7. The van der Waals surface area contributed by atoms with Crippen LogP contribution >= 0.6 is 0 Å². The Kier molecular flexibility index (Phi) is 3.28. The van der Waals surface area contributed by atoms with Crippen molar-refractivity contribution in [2.75, 3.05) is 6.54 Å². The molecule has 1 aromatic carbocycles. The summed E-state index contributed by atoms with van der Waals surface area (Å²) in [6.07, 6.45) is -0.396. The molecule has 1 aliphatic heterocycles. The first-order valence-corrected chi connectivity index (χ1v) is 5.39. The van der Waals surface area contributed by atoms with Gasteiger partial charge in [0.2, 0.25) is 5.91 Å². The standard InChI is InChI=1S/C12H9F2NO4/c13-6-1-2-8(9(14)3-6)11(12(18)19)15-5-7(16)4-10(15)17/h1-3,11H,4-5H2,(H,18,19). The Labute approximate surface area is 106 Å². The van der Waals surface area contributed by atoms with Gasteiger partial charge in [-0.05, 0) is 6.07 Å². The van der Waals surface area contributed by atoms with Crippen molar-refractivity contribution in [2.45, 2.75) is 12.5 Å². The van der Waals surface area contributed by atoms with E-state index in [1.165, 1.54) is 0 Å². The van der Waals surface area contributed by atoms with Gasteiger partial charge in [0.1, 0.15) is 11.6 Å². The van der Waals surface area contributed by atoms with E-state index in [-0.39, 0.29) is 12.1 Å². The molecule has 0 aromatic heterocycles. The first-order valence-electron chi connectivity index (χ1n) is 5.39. The predicted molar refractivity (Wildman–Crippen MR) is 58.1 cm³/mol. The second-order valence-electron chi connectivity index (χ2n) is 4.14. The van der Waals surface area contributed by atoms with Crippen molar-refractivity contribution in [1.29, 1.82) is 0 Å². The number of halogens is 2. The second-order valence-corrected chi connectivity index (χ2v) is 4.14. The zero-order valence-corrected chi connectivity index (χ0v) is 9.60. The first kappa shape index (κ1) is 13.1. The van der Waals surface area contributed by atoms with Gasteiger partial charge >= 0.3 is 5.97 Å². The number of nitrogens with zero attached hydrogens (tertiary/aromatic N) is 1. The number of benzene rings is 1. The van der Waals surface area contributed by atoms with Crippen LogP contribution in [0.4, 0.5) is 8.78 Å². The molecular formula is C12H9F2NO4. The van der Waals surface area contributed by atoms with E-state index in [1.807, 2.05) is 0 Å². The van der Waals surface area contributed by atoms with Gasteiger partial charge in [0.15, 0.2) is 11.8 Å². The van der Waals surface area contributed by atoms with E-state index in [1.54, 1.807) is 0 Å². The number of hydrogen-bond acceptors (Lipinski definition) is 3. The molecule has 1 amide bonds. The summed E-state index contributed by atoms with van der Waals surface area (Å²) in [5, 5.41) is 9.12. The molecule has 7 heteroatoms. The fraction of sp³-hybridized carbons (Fsp3) is 0.250. The number of aliphatic carboxylic acids is 1. The summed E-state index contributed by atoms with van der Waals surface area (Å²) >= 11 is 0. The van der Waals surface area contributed by atoms with Crippen LogP contribution in [-0.4, -0.2) is 34.2 Å². The fourth-order valence-electron chi connectivity index (χ4n) is 2.00. The minimum atomic E-state index is -1.63. The van der Waals surface area contributed by atoms with Crippen molar-refractivity contribution in [3.05, 3.63) is 35.4 Å². The smallest absolute Gasteiger partial charge is 0.331 e. The predicted octanol–water partition coefficient (Wildman–Crippen LogP) is 0.892. The maximum Gasteiger partial charge on any atom is 0.331 e. The quantitative estimate of drug-likeness (QED) is 0.827. The zero-order valence-electron chi connectivity index (χ0n) is 9.60. The number of carboxylic acids is 1. The van der Waals surface area contributed by atoms with Crippen molar-refractivity contribution in [1.82, 2.24) is 4.90 Å². The summed E-state index contributed by atoms with van der Waals surface area (Å²) in [6, 6.07) is 0.767. The van der Waals surface area contributed by atoms with Gasteiger partial charge in [0, 0.05) is 11.6 Å². The number of carbonyl (C=O) groups excluding carboxylic acids is 2. The Morgan fingerprint density at radius 3 is 2.47 bits per heavy atom. The van der Waals surface area contributed by atoms with E-state index in [2.05, 4.69) is 0 Å². The summed E-state index contributed by atoms with van der Waals surface area (Å²) in [5.41, 5.74) is -0.350. The molecule has 1 heterocycles. The second kappa shape index (κ2) is 4.75. The lowest BCUT2D eigenvalue weighted by atomic mass is 10.0. The summed E-state index contributed by atoms with van der Waals surface area (Å²) in [5.74, 6) is -4.51. The minimum Gasteiger partial charge on any atom is -0.479 e. The van der Waals surface area contributed by atoms with Gasteiger partial charge in [-0.3, -0.25) is 9.59 Å². The lowest BCUT2D eigenvalue weighted by molar-refractivity contribution is -0.148. The van der Waals surface area contributed by atoms with Crippen LogP contribution in [0.3, 0.4) is 0 Å². The zero-order chi connectivity index (χ0) is 14.2. The first-order chi connectivity index (χ1) is 8.90. The van der Waals surface area contributed by atoms with E-state index in [9.17, 15) is 23.2 Å². The number of carbonyl (C=O) groups is 3. The highest BCUT2D eigenvalue weighted by molar-refractivity contribution is 6.06. The van der Waals surface area contributed by atoms with Crippen molar-refractivity contribution in [3.8, 4) is 0 Å². The number of Topliss-reactive ketones (excluding diaryl/α,β-unsaturated/α-hetero) is 1. The largest absolute Gasteiger partial charge is 0.479 e. The third-order valence-corrected chi connectivity index (χ3v) is 2.82. The molecule has 5 nitrogen and oxygen atoms in total. The van der Waals surface area contributed by atoms with Crippen LogP contribution in [0.5, 0.6) is 0 Å². The van der Waals surface area contributed by atoms with Gasteiger partial charge in [-0.15, -0.1) is 0 Å². The van der Waals surface area contributed by atoms with E-state index < -0.39 is 41.8 Å². The summed E-state index contributed by atoms with van der Waals surface area (Å²) < 4.78 is 26.4. The third-order valence-electron chi connectivity index (χ3n) is 2.82. The molecular weight excluding hydrogens is 260 g/mol. The van der Waals surface area contributed by atoms with Crippen molar-refractivity contribution in [2.24, 2.45) is 0 Å². The Morgan fingerprint density at radius 2 is 2.00 bits per heavy atom. The number of rotatable bonds is 3. The molecule has 1 aromatic rings. The average molecular weight is 269 g/mol. The van der Waals surface area contributed by atoms with Crippen LogP contribution < -0.4 is 0 Å². The Bertz CT molecular complexity index is 573. The van der Waals surface area contributed by atoms with E-state index in [0.29, 0.717) is 6.07 Å². The number of amides is 1. The SMILES string of the molecule is O=C1CC(=O)N(C(C(=O)O)c2ccc(F)cc2F)C1. The summed E-state index contributed by atoms with van der Waals surface area (Å²) in [6.45, 7) is -0.382. The van der Waals surface area contributed by atoms with Crippen molar-refractivity contribution < 1.29 is 28.3 Å². The van der Waals surface area contributed by atoms with Gasteiger partial charge in [-0.25, -0.2) is 13.6 Å². The van der Waals surface area contributed by atoms with E-state index in [4.69, 9.17) is 5.11 Å². The highest BCUT2D eigenvalue weighted by Gasteiger charge is 2.39. The lowest BCUT2D eigenvalue weighted by Gasteiger charge is -2.24. The topological polar surface area (TPSA) is 74.7 Å². The molecule has 1 atom stereocenters. The van der Waals surface area contributed by atoms with Crippen LogP contribution in [0.1, 0.15) is 18.0 Å². The Morgan fingerprint density at radius 1 is 1.32 bits per heavy atom. The van der Waals surface area contributed by atoms with Gasteiger partial charge in [0.25, 0.3) is 0 Å².